The van der Waals surface area contributed by atoms with Gasteiger partial charge in [0.05, 0.1) is 4.83 Å². The van der Waals surface area contributed by atoms with Crippen LogP contribution in [0, 0.1) is 5.41 Å². The predicted octanol–water partition coefficient (Wildman–Crippen LogP) is 1.90. The van der Waals surface area contributed by atoms with Crippen molar-refractivity contribution in [3.8, 4) is 0 Å². The summed E-state index contributed by atoms with van der Waals surface area (Å²) in [6.45, 7) is 0. The first-order valence-electron chi connectivity index (χ1n) is 2.38. The van der Waals surface area contributed by atoms with Crippen LogP contribution >= 0.6 is 15.9 Å². The maximum Gasteiger partial charge on any atom is 0.0743 e. The van der Waals surface area contributed by atoms with Gasteiger partial charge in [-0.25, -0.2) is 0 Å². The van der Waals surface area contributed by atoms with Crippen LogP contribution in [0.25, 0.3) is 0 Å². The van der Waals surface area contributed by atoms with Crippen molar-refractivity contribution < 1.29 is 0 Å². The second-order valence-electron chi connectivity index (χ2n) is 1.60. The molecule has 1 rings (SSSR count). The molecule has 1 atom stereocenters. The number of hydrogen-bond donors (Lipinski definition) is 1. The Balaban J connectivity index is 2.74. The normalized spacial score (nSPS) is 26.6. The monoisotopic (exact) mass is 171 g/mol. The van der Waals surface area contributed by atoms with E-state index < -0.39 is 0 Å². The molecule has 0 aromatic rings. The fourth-order valence-corrected chi connectivity index (χ4v) is 0.845. The number of nitrogens with one attached hydrogen (secondary N) is 1. The van der Waals surface area contributed by atoms with Crippen LogP contribution in [0.5, 0.6) is 0 Å². The molecule has 0 aromatic carbocycles. The summed E-state index contributed by atoms with van der Waals surface area (Å²) in [5.41, 5.74) is 0.618. The average molecular weight is 172 g/mol. The molecular formula is C6H6BrN. The van der Waals surface area contributed by atoms with Gasteiger partial charge in [-0.2, -0.15) is 0 Å². The SMILES string of the molecule is N=C1C=CC=CC1Br. The molecule has 0 spiro atoms. The van der Waals surface area contributed by atoms with E-state index in [4.69, 9.17) is 5.41 Å². The van der Waals surface area contributed by atoms with Crippen LogP contribution in [-0.4, -0.2) is 10.5 Å². The molecule has 0 aromatic heterocycles. The van der Waals surface area contributed by atoms with Crippen molar-refractivity contribution in [2.45, 2.75) is 4.83 Å². The molecule has 1 nitrogen and oxygen atoms in total. The van der Waals surface area contributed by atoms with Crippen LogP contribution in [0.15, 0.2) is 24.3 Å². The fraction of sp³-hybridized carbons (Fsp3) is 0.167. The first kappa shape index (κ1) is 5.76. The molecule has 0 bridgehead atoms. The highest BCUT2D eigenvalue weighted by atomic mass is 79.9. The topological polar surface area (TPSA) is 23.9 Å². The number of hydrogen-bond acceptors (Lipinski definition) is 1. The van der Waals surface area contributed by atoms with Crippen molar-refractivity contribution >= 4 is 21.6 Å². The molecule has 0 amide bonds. The maximum absolute atomic E-state index is 7.21. The van der Waals surface area contributed by atoms with Gasteiger partial charge in [-0.15, -0.1) is 0 Å². The zero-order chi connectivity index (χ0) is 5.98. The third-order valence-electron chi connectivity index (χ3n) is 0.964. The van der Waals surface area contributed by atoms with Gasteiger partial charge in [-0.05, 0) is 6.08 Å². The lowest BCUT2D eigenvalue weighted by Crippen LogP contribution is -2.08. The molecule has 8 heavy (non-hydrogen) atoms. The van der Waals surface area contributed by atoms with Crippen molar-refractivity contribution in [1.82, 2.24) is 0 Å². The Morgan fingerprint density at radius 3 is 2.62 bits per heavy atom. The van der Waals surface area contributed by atoms with Crippen LogP contribution in [0.4, 0.5) is 0 Å². The zero-order valence-corrected chi connectivity index (χ0v) is 5.85. The lowest BCUT2D eigenvalue weighted by Gasteiger charge is -2.03. The minimum absolute atomic E-state index is 0.132. The van der Waals surface area contributed by atoms with E-state index in [1.807, 2.05) is 18.2 Å². The lowest BCUT2D eigenvalue weighted by molar-refractivity contribution is 1.40. The van der Waals surface area contributed by atoms with Crippen LogP contribution in [0.2, 0.25) is 0 Å². The molecular weight excluding hydrogens is 166 g/mol. The summed E-state index contributed by atoms with van der Waals surface area (Å²) in [6, 6.07) is 0. The van der Waals surface area contributed by atoms with Gasteiger partial charge >= 0.3 is 0 Å². The predicted molar refractivity (Wildman–Crippen MR) is 38.7 cm³/mol. The highest BCUT2D eigenvalue weighted by Gasteiger charge is 2.03. The molecule has 1 unspecified atom stereocenters. The quantitative estimate of drug-likeness (QED) is 0.539. The van der Waals surface area contributed by atoms with Gasteiger partial charge in [0.25, 0.3) is 0 Å². The Kier molecular flexibility index (Phi) is 1.63. The fourth-order valence-electron chi connectivity index (χ4n) is 0.517. The second kappa shape index (κ2) is 2.27. The van der Waals surface area contributed by atoms with Crippen molar-refractivity contribution in [3.05, 3.63) is 24.3 Å². The highest BCUT2D eigenvalue weighted by Crippen LogP contribution is 2.07. The van der Waals surface area contributed by atoms with E-state index in [0.29, 0.717) is 5.71 Å². The molecule has 1 N–H and O–H groups in total. The number of alkyl halides is 1. The zero-order valence-electron chi connectivity index (χ0n) is 4.26. The Morgan fingerprint density at radius 1 is 1.50 bits per heavy atom. The average Bonchev–Trinajstić information content (AvgIpc) is 1.77. The number of allylic oxidation sites excluding steroid dienone is 4. The van der Waals surface area contributed by atoms with Crippen LogP contribution in [0.3, 0.4) is 0 Å². The van der Waals surface area contributed by atoms with E-state index in [0.717, 1.165) is 0 Å². The third-order valence-corrected chi connectivity index (χ3v) is 1.76. The van der Waals surface area contributed by atoms with E-state index >= 15 is 0 Å². The Bertz CT molecular complexity index is 158. The molecule has 0 fully saturated rings. The summed E-state index contributed by atoms with van der Waals surface area (Å²) in [5.74, 6) is 0. The van der Waals surface area contributed by atoms with Crippen molar-refractivity contribution in [1.29, 1.82) is 5.41 Å². The molecule has 1 aliphatic rings. The summed E-state index contributed by atoms with van der Waals surface area (Å²) in [6.07, 6.45) is 7.50. The van der Waals surface area contributed by atoms with Gasteiger partial charge in [0.15, 0.2) is 0 Å². The minimum atomic E-state index is 0.132. The molecule has 0 aliphatic heterocycles. The second-order valence-corrected chi connectivity index (χ2v) is 2.59. The van der Waals surface area contributed by atoms with Crippen LogP contribution in [-0.2, 0) is 0 Å². The Hall–Kier alpha value is -0.370. The molecule has 0 radical (unpaired) electrons. The first-order chi connectivity index (χ1) is 3.80. The van der Waals surface area contributed by atoms with E-state index in [1.165, 1.54) is 0 Å². The molecule has 0 saturated carbocycles. The number of rotatable bonds is 0. The summed E-state index contributed by atoms with van der Waals surface area (Å²) in [7, 11) is 0. The molecule has 0 saturated heterocycles. The molecule has 42 valence electrons. The summed E-state index contributed by atoms with van der Waals surface area (Å²) < 4.78 is 0. The standard InChI is InChI=1S/C6H6BrN/c7-5-3-1-2-4-6(5)8/h1-5,8H. The van der Waals surface area contributed by atoms with Crippen molar-refractivity contribution in [3.63, 3.8) is 0 Å². The lowest BCUT2D eigenvalue weighted by atomic mass is 10.2. The van der Waals surface area contributed by atoms with E-state index in [9.17, 15) is 0 Å². The maximum atomic E-state index is 7.21. The van der Waals surface area contributed by atoms with E-state index in [1.54, 1.807) is 6.08 Å². The summed E-state index contributed by atoms with van der Waals surface area (Å²) in [4.78, 5) is 0.132. The largest absolute Gasteiger partial charge is 0.304 e. The van der Waals surface area contributed by atoms with Gasteiger partial charge in [-0.1, -0.05) is 34.2 Å². The Labute approximate surface area is 56.7 Å². The smallest absolute Gasteiger partial charge is 0.0743 e. The third kappa shape index (κ3) is 1.07. The van der Waals surface area contributed by atoms with E-state index in [2.05, 4.69) is 15.9 Å². The molecule has 1 aliphatic carbocycles. The molecule has 2 heteroatoms. The van der Waals surface area contributed by atoms with Gasteiger partial charge in [-0.3, -0.25) is 0 Å². The highest BCUT2D eigenvalue weighted by molar-refractivity contribution is 9.10. The molecule has 0 heterocycles. The first-order valence-corrected chi connectivity index (χ1v) is 3.29. The van der Waals surface area contributed by atoms with Crippen LogP contribution in [0.1, 0.15) is 0 Å². The van der Waals surface area contributed by atoms with E-state index in [-0.39, 0.29) is 4.83 Å². The van der Waals surface area contributed by atoms with Crippen molar-refractivity contribution in [2.24, 2.45) is 0 Å². The van der Waals surface area contributed by atoms with Gasteiger partial charge < -0.3 is 5.41 Å². The van der Waals surface area contributed by atoms with Gasteiger partial charge in [0.2, 0.25) is 0 Å². The van der Waals surface area contributed by atoms with Crippen LogP contribution < -0.4 is 0 Å². The Morgan fingerprint density at radius 2 is 2.25 bits per heavy atom. The van der Waals surface area contributed by atoms with Gasteiger partial charge in [0.1, 0.15) is 0 Å². The summed E-state index contributed by atoms with van der Waals surface area (Å²) in [5, 5.41) is 7.21. The minimum Gasteiger partial charge on any atom is -0.304 e. The van der Waals surface area contributed by atoms with Gasteiger partial charge in [0, 0.05) is 5.71 Å². The number of halogens is 1. The summed E-state index contributed by atoms with van der Waals surface area (Å²) >= 11 is 3.29. The van der Waals surface area contributed by atoms with Crippen molar-refractivity contribution in [2.75, 3.05) is 0 Å².